The number of hydrogen-bond donors (Lipinski definition) is 0. The van der Waals surface area contributed by atoms with Crippen LogP contribution in [-0.4, -0.2) is 53.8 Å². The van der Waals surface area contributed by atoms with Crippen LogP contribution in [0.4, 0.5) is 0 Å². The van der Waals surface area contributed by atoms with E-state index in [9.17, 15) is 0 Å². The van der Waals surface area contributed by atoms with Crippen molar-refractivity contribution < 1.29 is 9.47 Å². The molecule has 0 saturated heterocycles. The van der Waals surface area contributed by atoms with E-state index >= 15 is 0 Å². The zero-order chi connectivity index (χ0) is 24.6. The Morgan fingerprint density at radius 3 is 1.15 bits per heavy atom. The van der Waals surface area contributed by atoms with Crippen LogP contribution in [0.1, 0.15) is 106 Å². The minimum Gasteiger partial charge on any atom is -0.382 e. The number of unbranched alkanes of at least 4 members (excludes halogenated alkanes) is 4. The molecule has 2 unspecified atom stereocenters. The van der Waals surface area contributed by atoms with Gasteiger partial charge in [0, 0.05) is 36.2 Å². The molecule has 0 saturated carbocycles. The molecule has 0 rings (SSSR count). The van der Waals surface area contributed by atoms with E-state index in [1.807, 2.05) is 9.83 Å². The Balaban J connectivity index is 4.36. The van der Waals surface area contributed by atoms with Crippen LogP contribution in [0.15, 0.2) is 0 Å². The first-order valence-corrected chi connectivity index (χ1v) is 22.7. The summed E-state index contributed by atoms with van der Waals surface area (Å²) in [5.41, 5.74) is 1.19. The van der Waals surface area contributed by atoms with Gasteiger partial charge in [-0.1, -0.05) is 125 Å². The molecule has 0 spiro atoms. The molecule has 33 heavy (non-hydrogen) atoms. The first kappa shape index (κ1) is 34.4. The smallest absolute Gasteiger partial charge is 0.0717 e. The van der Waals surface area contributed by atoms with Gasteiger partial charge in [-0.05, 0) is 36.5 Å². The predicted molar refractivity (Wildman–Crippen MR) is 166 cm³/mol. The Bertz CT molecular complexity index is 345. The zero-order valence-electron chi connectivity index (χ0n) is 23.1. The summed E-state index contributed by atoms with van der Waals surface area (Å²) in [6.45, 7) is 15.5. The second kappa shape index (κ2) is 26.5. The Morgan fingerprint density at radius 2 is 0.879 bits per heavy atom. The molecule has 0 aromatic rings. The van der Waals surface area contributed by atoms with Gasteiger partial charge in [0.25, 0.3) is 0 Å². The summed E-state index contributed by atoms with van der Waals surface area (Å²) in [4.78, 5) is 0. The third-order valence-corrected chi connectivity index (χ3v) is 18.7. The van der Waals surface area contributed by atoms with Crippen molar-refractivity contribution in [1.29, 1.82) is 0 Å². The van der Waals surface area contributed by atoms with Gasteiger partial charge < -0.3 is 9.47 Å². The van der Waals surface area contributed by atoms with Crippen molar-refractivity contribution in [2.24, 2.45) is 0 Å². The molecular formula is C26H58O2S3Si2. The molecule has 0 aromatic carbocycles. The van der Waals surface area contributed by atoms with Crippen LogP contribution in [0, 0.1) is 0 Å². The zero-order valence-corrected chi connectivity index (χ0v) is 27.8. The van der Waals surface area contributed by atoms with E-state index in [-0.39, 0.29) is 0 Å². The van der Waals surface area contributed by atoms with Crippen LogP contribution in [0.2, 0.25) is 24.2 Å². The van der Waals surface area contributed by atoms with Crippen molar-refractivity contribution in [3.8, 4) is 0 Å². The quantitative estimate of drug-likeness (QED) is 0.0600. The highest BCUT2D eigenvalue weighted by molar-refractivity contribution is 9.09. The van der Waals surface area contributed by atoms with Gasteiger partial charge in [-0.15, -0.1) is 0 Å². The first-order valence-electron chi connectivity index (χ1n) is 14.3. The molecule has 0 fully saturated rings. The van der Waals surface area contributed by atoms with Crippen molar-refractivity contribution in [2.75, 3.05) is 24.7 Å². The molecule has 2 nitrogen and oxygen atoms in total. The van der Waals surface area contributed by atoms with Gasteiger partial charge in [-0.3, -0.25) is 0 Å². The highest BCUT2D eigenvalue weighted by Gasteiger charge is 2.24. The van der Waals surface area contributed by atoms with Crippen LogP contribution < -0.4 is 0 Å². The van der Waals surface area contributed by atoms with Crippen molar-refractivity contribution in [1.82, 2.24) is 0 Å². The lowest BCUT2D eigenvalue weighted by Crippen LogP contribution is -2.34. The molecule has 0 amide bonds. The standard InChI is InChI=1S/C26H58O2S3Si2/c1-7-13-21-32(22-14-8-2)25(27-11-5)17-19-29-31-30-20-18-26(28-12-6)33(23-15-9-3)24-16-10-4/h25-26,32-33H,7-24H2,1-6H3. The number of hydrogen-bond acceptors (Lipinski definition) is 5. The number of ether oxygens (including phenoxy) is 2. The predicted octanol–water partition coefficient (Wildman–Crippen LogP) is 9.34. The second-order valence-corrected chi connectivity index (χ2v) is 20.7. The fourth-order valence-electron chi connectivity index (χ4n) is 4.67. The van der Waals surface area contributed by atoms with Crippen molar-refractivity contribution in [3.05, 3.63) is 0 Å². The molecule has 0 heterocycles. The summed E-state index contributed by atoms with van der Waals surface area (Å²) in [5.74, 6) is 2.48. The molecule has 0 aliphatic rings. The van der Waals surface area contributed by atoms with Gasteiger partial charge in [-0.25, -0.2) is 0 Å². The summed E-state index contributed by atoms with van der Waals surface area (Å²) >= 11 is 0. The maximum absolute atomic E-state index is 6.30. The van der Waals surface area contributed by atoms with Crippen molar-refractivity contribution in [3.63, 3.8) is 0 Å². The molecule has 7 heteroatoms. The van der Waals surface area contributed by atoms with E-state index in [4.69, 9.17) is 9.47 Å². The van der Waals surface area contributed by atoms with Crippen LogP contribution in [0.25, 0.3) is 0 Å². The van der Waals surface area contributed by atoms with E-state index in [2.05, 4.69) is 63.1 Å². The van der Waals surface area contributed by atoms with Crippen molar-refractivity contribution >= 4 is 49.0 Å². The summed E-state index contributed by atoms with van der Waals surface area (Å²) in [6.07, 6.45) is 13.5. The van der Waals surface area contributed by atoms with Gasteiger partial charge in [0.15, 0.2) is 0 Å². The normalized spacial score (nSPS) is 13.8. The SMILES string of the molecule is CCCC[SiH](CCCC)C(CCSSSCCC(OCC)[SiH](CCCC)CCCC)OCC. The van der Waals surface area contributed by atoms with Crippen LogP contribution in [0.5, 0.6) is 0 Å². The van der Waals surface area contributed by atoms with E-state index in [0.29, 0.717) is 11.5 Å². The third kappa shape index (κ3) is 19.2. The molecule has 200 valence electrons. The van der Waals surface area contributed by atoms with Gasteiger partial charge in [0.05, 0.1) is 17.6 Å². The van der Waals surface area contributed by atoms with Gasteiger partial charge >= 0.3 is 0 Å². The third-order valence-electron chi connectivity index (χ3n) is 6.59. The maximum atomic E-state index is 6.30. The lowest BCUT2D eigenvalue weighted by atomic mass is 10.4. The Kier molecular flexibility index (Phi) is 27.6. The summed E-state index contributed by atoms with van der Waals surface area (Å²) in [5, 5.41) is 0. The maximum Gasteiger partial charge on any atom is 0.0717 e. The summed E-state index contributed by atoms with van der Waals surface area (Å²) in [6, 6.07) is 5.92. The Hall–Kier alpha value is 1.40. The Morgan fingerprint density at radius 1 is 0.545 bits per heavy atom. The largest absolute Gasteiger partial charge is 0.382 e. The average Bonchev–Trinajstić information content (AvgIpc) is 2.82. The minimum absolute atomic E-state index is 0.595. The summed E-state index contributed by atoms with van der Waals surface area (Å²) in [7, 11) is 4.59. The highest BCUT2D eigenvalue weighted by Crippen LogP contribution is 2.36. The number of rotatable bonds is 26. The molecule has 0 aromatic heterocycles. The molecule has 0 radical (unpaired) electrons. The molecule has 0 aliphatic heterocycles. The molecule has 0 N–H and O–H groups in total. The minimum atomic E-state index is -0.783. The Labute approximate surface area is 223 Å². The fraction of sp³-hybridized carbons (Fsp3) is 1.00. The fourth-order valence-corrected chi connectivity index (χ4v) is 17.0. The first-order chi connectivity index (χ1) is 16.2. The topological polar surface area (TPSA) is 18.5 Å². The van der Waals surface area contributed by atoms with E-state index in [1.165, 1.54) is 99.9 Å². The molecule has 0 bridgehead atoms. The average molecular weight is 555 g/mol. The lowest BCUT2D eigenvalue weighted by molar-refractivity contribution is 0.111. The van der Waals surface area contributed by atoms with Gasteiger partial charge in [0.1, 0.15) is 0 Å². The van der Waals surface area contributed by atoms with Crippen LogP contribution >= 0.6 is 31.4 Å². The van der Waals surface area contributed by atoms with Gasteiger partial charge in [0.2, 0.25) is 0 Å². The second-order valence-electron chi connectivity index (χ2n) is 9.37. The van der Waals surface area contributed by atoms with E-state index in [1.54, 1.807) is 0 Å². The molecule has 2 atom stereocenters. The van der Waals surface area contributed by atoms with Crippen molar-refractivity contribution in [2.45, 2.75) is 141 Å². The molecule has 0 aliphatic carbocycles. The van der Waals surface area contributed by atoms with Gasteiger partial charge in [-0.2, -0.15) is 0 Å². The highest BCUT2D eigenvalue weighted by atomic mass is 33.5. The van der Waals surface area contributed by atoms with E-state index in [0.717, 1.165) is 13.2 Å². The van der Waals surface area contributed by atoms with Crippen LogP contribution in [0.3, 0.4) is 0 Å². The van der Waals surface area contributed by atoms with E-state index < -0.39 is 17.6 Å². The van der Waals surface area contributed by atoms with Crippen LogP contribution in [-0.2, 0) is 9.47 Å². The molecular weight excluding hydrogens is 497 g/mol. The summed E-state index contributed by atoms with van der Waals surface area (Å²) < 4.78 is 12.6. The lowest BCUT2D eigenvalue weighted by Gasteiger charge is -2.26. The monoisotopic (exact) mass is 554 g/mol.